The van der Waals surface area contributed by atoms with Gasteiger partial charge in [-0.05, 0) is 77.5 Å². The number of rotatable bonds is 7. The summed E-state index contributed by atoms with van der Waals surface area (Å²) in [5.41, 5.74) is 1.85. The van der Waals surface area contributed by atoms with Crippen LogP contribution in [-0.2, 0) is 11.4 Å². The fraction of sp³-hybridized carbons (Fsp3) is 0.0800. The van der Waals surface area contributed by atoms with Crippen LogP contribution in [0.15, 0.2) is 77.7 Å². The average Bonchev–Trinajstić information content (AvgIpc) is 3.06. The van der Waals surface area contributed by atoms with Crippen LogP contribution in [-0.4, -0.2) is 28.4 Å². The first kappa shape index (κ1) is 22.8. The summed E-state index contributed by atoms with van der Waals surface area (Å²) in [6.07, 6.45) is 1.59. The molecule has 166 valence electrons. The second-order valence-electron chi connectivity index (χ2n) is 7.19. The highest BCUT2D eigenvalue weighted by atomic mass is 35.5. The normalized spacial score (nSPS) is 14.7. The molecule has 0 aromatic heterocycles. The molecule has 0 atom stereocenters. The number of halogens is 2. The maximum Gasteiger partial charge on any atom is 0.293 e. The van der Waals surface area contributed by atoms with Gasteiger partial charge in [-0.2, -0.15) is 0 Å². The molecule has 1 saturated heterocycles. The summed E-state index contributed by atoms with van der Waals surface area (Å²) < 4.78 is 18.8. The van der Waals surface area contributed by atoms with Crippen LogP contribution in [0.4, 0.5) is 9.18 Å². The Balaban J connectivity index is 1.43. The van der Waals surface area contributed by atoms with Crippen LogP contribution in [0.1, 0.15) is 21.5 Å². The number of Topliss-reactive ketones (excluding diaryl/α,β-unsaturated/α-hetero) is 1. The van der Waals surface area contributed by atoms with E-state index in [1.165, 1.54) is 12.1 Å². The van der Waals surface area contributed by atoms with Gasteiger partial charge in [0.2, 0.25) is 0 Å². The van der Waals surface area contributed by atoms with Gasteiger partial charge in [0.25, 0.3) is 11.1 Å². The highest BCUT2D eigenvalue weighted by Gasteiger charge is 2.36. The first-order chi connectivity index (χ1) is 15.9. The van der Waals surface area contributed by atoms with Crippen molar-refractivity contribution in [1.29, 1.82) is 0 Å². The summed E-state index contributed by atoms with van der Waals surface area (Å²) >= 11 is 6.62. The van der Waals surface area contributed by atoms with Gasteiger partial charge in [0, 0.05) is 10.6 Å². The second kappa shape index (κ2) is 10.0. The van der Waals surface area contributed by atoms with Gasteiger partial charge in [0.1, 0.15) is 18.2 Å². The molecule has 5 nitrogen and oxygen atoms in total. The van der Waals surface area contributed by atoms with Crippen LogP contribution in [0, 0.1) is 5.82 Å². The first-order valence-electron chi connectivity index (χ1n) is 9.90. The Bertz CT molecular complexity index is 1240. The van der Waals surface area contributed by atoms with Gasteiger partial charge >= 0.3 is 0 Å². The number of thioether (sulfide) groups is 1. The van der Waals surface area contributed by atoms with E-state index >= 15 is 0 Å². The number of benzene rings is 3. The summed E-state index contributed by atoms with van der Waals surface area (Å²) in [6.45, 7) is -0.0858. The van der Waals surface area contributed by atoms with Gasteiger partial charge in [-0.3, -0.25) is 19.3 Å². The molecule has 0 radical (unpaired) electrons. The minimum absolute atomic E-state index is 0.222. The Morgan fingerprint density at radius 1 is 1.03 bits per heavy atom. The lowest BCUT2D eigenvalue weighted by Crippen LogP contribution is -2.33. The van der Waals surface area contributed by atoms with E-state index in [-0.39, 0.29) is 29.7 Å². The molecule has 1 heterocycles. The van der Waals surface area contributed by atoms with Crippen LogP contribution >= 0.6 is 23.4 Å². The van der Waals surface area contributed by atoms with E-state index in [1.54, 1.807) is 66.7 Å². The number of imide groups is 1. The van der Waals surface area contributed by atoms with E-state index in [9.17, 15) is 18.8 Å². The lowest BCUT2D eigenvalue weighted by atomic mass is 10.1. The standard InChI is InChI=1S/C25H17ClFNO4S/c26-19-8-6-18(7-9-19)22(29)14-28-24(30)23(33-25(28)31)13-17-2-1-3-21(12-17)32-15-16-4-10-20(27)11-5-16/h1-13H,14-15H2/b23-13+. The van der Waals surface area contributed by atoms with Crippen molar-refractivity contribution in [2.45, 2.75) is 6.61 Å². The van der Waals surface area contributed by atoms with Gasteiger partial charge in [0.15, 0.2) is 5.78 Å². The molecule has 0 N–H and O–H groups in total. The van der Waals surface area contributed by atoms with Crippen molar-refractivity contribution in [3.05, 3.63) is 105 Å². The number of amides is 2. The summed E-state index contributed by atoms with van der Waals surface area (Å²) in [4.78, 5) is 38.7. The average molecular weight is 482 g/mol. The molecular formula is C25H17ClFNO4S. The molecule has 0 saturated carbocycles. The molecule has 3 aromatic rings. The molecule has 1 aliphatic rings. The smallest absolute Gasteiger partial charge is 0.293 e. The monoisotopic (exact) mass is 481 g/mol. The Morgan fingerprint density at radius 3 is 2.48 bits per heavy atom. The lowest BCUT2D eigenvalue weighted by molar-refractivity contribution is -0.122. The molecule has 0 spiro atoms. The zero-order chi connectivity index (χ0) is 23.4. The van der Waals surface area contributed by atoms with Gasteiger partial charge in [0.05, 0.1) is 11.4 Å². The van der Waals surface area contributed by atoms with Crippen molar-refractivity contribution in [3.8, 4) is 5.75 Å². The van der Waals surface area contributed by atoms with Crippen molar-refractivity contribution in [2.24, 2.45) is 0 Å². The minimum Gasteiger partial charge on any atom is -0.489 e. The molecule has 1 fully saturated rings. The molecule has 4 rings (SSSR count). The number of carbonyl (C=O) groups is 3. The predicted molar refractivity (Wildman–Crippen MR) is 126 cm³/mol. The summed E-state index contributed by atoms with van der Waals surface area (Å²) in [6, 6.07) is 19.3. The fourth-order valence-corrected chi connectivity index (χ4v) is 4.06. The van der Waals surface area contributed by atoms with Gasteiger partial charge in [-0.15, -0.1) is 0 Å². The van der Waals surface area contributed by atoms with Crippen LogP contribution in [0.5, 0.6) is 5.75 Å². The number of hydrogen-bond acceptors (Lipinski definition) is 5. The highest BCUT2D eigenvalue weighted by molar-refractivity contribution is 8.18. The van der Waals surface area contributed by atoms with E-state index in [4.69, 9.17) is 16.3 Å². The van der Waals surface area contributed by atoms with Crippen molar-refractivity contribution in [2.75, 3.05) is 6.54 Å². The number of ketones is 1. The maximum absolute atomic E-state index is 13.0. The van der Waals surface area contributed by atoms with Crippen LogP contribution in [0.3, 0.4) is 0 Å². The third kappa shape index (κ3) is 5.69. The van der Waals surface area contributed by atoms with E-state index in [0.29, 0.717) is 21.9 Å². The topological polar surface area (TPSA) is 63.7 Å². The zero-order valence-corrected chi connectivity index (χ0v) is 18.7. The minimum atomic E-state index is -0.523. The number of hydrogen-bond donors (Lipinski definition) is 0. The SMILES string of the molecule is O=C(CN1C(=O)S/C(=C/c2cccc(OCc3ccc(F)cc3)c2)C1=O)c1ccc(Cl)cc1. The number of nitrogens with zero attached hydrogens (tertiary/aromatic N) is 1. The Morgan fingerprint density at radius 2 is 1.76 bits per heavy atom. The predicted octanol–water partition coefficient (Wildman–Crippen LogP) is 5.98. The quantitative estimate of drug-likeness (QED) is 0.307. The number of ether oxygens (including phenoxy) is 1. The molecule has 1 aliphatic heterocycles. The second-order valence-corrected chi connectivity index (χ2v) is 8.62. The highest BCUT2D eigenvalue weighted by Crippen LogP contribution is 2.33. The Hall–Kier alpha value is -3.42. The van der Waals surface area contributed by atoms with Crippen LogP contribution in [0.2, 0.25) is 5.02 Å². The van der Waals surface area contributed by atoms with Crippen molar-refractivity contribution >= 4 is 46.4 Å². The molecular weight excluding hydrogens is 465 g/mol. The maximum atomic E-state index is 13.0. The van der Waals surface area contributed by atoms with Crippen LogP contribution < -0.4 is 4.74 Å². The number of carbonyl (C=O) groups excluding carboxylic acids is 3. The lowest BCUT2D eigenvalue weighted by Gasteiger charge is -2.11. The van der Waals surface area contributed by atoms with Crippen LogP contribution in [0.25, 0.3) is 6.08 Å². The third-order valence-electron chi connectivity index (χ3n) is 4.82. The summed E-state index contributed by atoms with van der Waals surface area (Å²) in [5, 5.41) is -0.0122. The van der Waals surface area contributed by atoms with Gasteiger partial charge < -0.3 is 4.74 Å². The van der Waals surface area contributed by atoms with E-state index in [0.717, 1.165) is 22.2 Å². The molecule has 33 heavy (non-hydrogen) atoms. The van der Waals surface area contributed by atoms with Gasteiger partial charge in [-0.25, -0.2) is 4.39 Å². The summed E-state index contributed by atoms with van der Waals surface area (Å²) in [5.74, 6) is -0.633. The molecule has 0 unspecified atom stereocenters. The first-order valence-corrected chi connectivity index (χ1v) is 11.1. The molecule has 2 amide bonds. The molecule has 0 aliphatic carbocycles. The van der Waals surface area contributed by atoms with E-state index in [1.807, 2.05) is 0 Å². The zero-order valence-electron chi connectivity index (χ0n) is 17.2. The van der Waals surface area contributed by atoms with E-state index in [2.05, 4.69) is 0 Å². The molecule has 0 bridgehead atoms. The third-order valence-corrected chi connectivity index (χ3v) is 5.98. The molecule has 8 heteroatoms. The van der Waals surface area contributed by atoms with Crippen molar-refractivity contribution in [1.82, 2.24) is 4.90 Å². The Labute approximate surface area is 198 Å². The van der Waals surface area contributed by atoms with Crippen molar-refractivity contribution in [3.63, 3.8) is 0 Å². The largest absolute Gasteiger partial charge is 0.489 e. The van der Waals surface area contributed by atoms with Gasteiger partial charge in [-0.1, -0.05) is 35.9 Å². The van der Waals surface area contributed by atoms with E-state index < -0.39 is 11.1 Å². The summed E-state index contributed by atoms with van der Waals surface area (Å²) in [7, 11) is 0. The Kier molecular flexibility index (Phi) is 6.91. The molecule has 3 aromatic carbocycles. The fourth-order valence-electron chi connectivity index (χ4n) is 3.10. The van der Waals surface area contributed by atoms with Crippen molar-refractivity contribution < 1.29 is 23.5 Å².